The summed E-state index contributed by atoms with van der Waals surface area (Å²) in [5.74, 6) is -0.702. The van der Waals surface area contributed by atoms with Gasteiger partial charge in [0.25, 0.3) is 0 Å². The van der Waals surface area contributed by atoms with Crippen LogP contribution in [0.3, 0.4) is 0 Å². The van der Waals surface area contributed by atoms with Gasteiger partial charge in [0, 0.05) is 22.6 Å². The summed E-state index contributed by atoms with van der Waals surface area (Å²) in [4.78, 5) is -0.309. The molecule has 0 bridgehead atoms. The molecule has 0 aliphatic carbocycles. The summed E-state index contributed by atoms with van der Waals surface area (Å²) in [6, 6.07) is 2.70. The molecule has 2 N–H and O–H groups in total. The van der Waals surface area contributed by atoms with Gasteiger partial charge in [-0.1, -0.05) is 36.2 Å². The number of hydrogen-bond donors (Lipinski definition) is 2. The van der Waals surface area contributed by atoms with Crippen LogP contribution in [0.5, 0.6) is 0 Å². The number of sulfonamides is 1. The van der Waals surface area contributed by atoms with Crippen molar-refractivity contribution in [3.05, 3.63) is 28.0 Å². The van der Waals surface area contributed by atoms with Crippen molar-refractivity contribution in [1.82, 2.24) is 10.0 Å². The Balaban J connectivity index is 3.18. The first-order valence-corrected chi connectivity index (χ1v) is 9.28. The van der Waals surface area contributed by atoms with Gasteiger partial charge in [-0.05, 0) is 32.0 Å². The van der Waals surface area contributed by atoms with E-state index < -0.39 is 15.8 Å². The monoisotopic (exact) mass is 380 g/mol. The Morgan fingerprint density at radius 1 is 1.33 bits per heavy atom. The maximum atomic E-state index is 14.4. The Morgan fingerprint density at radius 2 is 2.00 bits per heavy atom. The maximum Gasteiger partial charge on any atom is 0.243 e. The van der Waals surface area contributed by atoms with E-state index >= 15 is 0 Å². The lowest BCUT2D eigenvalue weighted by Crippen LogP contribution is -2.35. The Bertz CT molecular complexity index is 579. The van der Waals surface area contributed by atoms with E-state index in [-0.39, 0.29) is 17.5 Å². The molecule has 0 aliphatic heterocycles. The van der Waals surface area contributed by atoms with Gasteiger partial charge in [0.2, 0.25) is 10.0 Å². The first-order chi connectivity index (χ1) is 9.85. The van der Waals surface area contributed by atoms with Crippen LogP contribution in [0, 0.1) is 5.82 Å². The topological polar surface area (TPSA) is 58.2 Å². The highest BCUT2D eigenvalue weighted by molar-refractivity contribution is 9.10. The van der Waals surface area contributed by atoms with Gasteiger partial charge in [-0.3, -0.25) is 0 Å². The molecule has 0 radical (unpaired) electrons. The Labute approximate surface area is 134 Å². The van der Waals surface area contributed by atoms with E-state index in [1.165, 1.54) is 6.07 Å². The lowest BCUT2D eigenvalue weighted by Gasteiger charge is -2.17. The standard InChI is InChI=1S/C14H22BrFN2O2S/c1-4-6-12(5-2)18-21(19,20)13-8-11(15)7-10(9-17-3)14(13)16/h7-8,12,17-18H,4-6,9H2,1-3H3. The molecule has 0 saturated carbocycles. The Morgan fingerprint density at radius 3 is 2.52 bits per heavy atom. The fourth-order valence-corrected chi connectivity index (χ4v) is 4.27. The van der Waals surface area contributed by atoms with E-state index in [1.807, 2.05) is 13.8 Å². The van der Waals surface area contributed by atoms with Crippen LogP contribution in [-0.4, -0.2) is 21.5 Å². The van der Waals surface area contributed by atoms with Crippen molar-refractivity contribution < 1.29 is 12.8 Å². The molecule has 0 saturated heterocycles. The molecule has 4 nitrogen and oxygen atoms in total. The van der Waals surface area contributed by atoms with Crippen LogP contribution in [0.4, 0.5) is 4.39 Å². The van der Waals surface area contributed by atoms with Crippen LogP contribution in [0.1, 0.15) is 38.7 Å². The molecule has 1 unspecified atom stereocenters. The fourth-order valence-electron chi connectivity index (χ4n) is 2.11. The molecule has 0 fully saturated rings. The molecule has 1 aromatic carbocycles. The summed E-state index contributed by atoms with van der Waals surface area (Å²) in [5.41, 5.74) is 0.316. The third-order valence-corrected chi connectivity index (χ3v) is 5.17. The zero-order valence-corrected chi connectivity index (χ0v) is 14.9. The minimum Gasteiger partial charge on any atom is -0.316 e. The summed E-state index contributed by atoms with van der Waals surface area (Å²) in [6.45, 7) is 4.16. The van der Waals surface area contributed by atoms with E-state index in [9.17, 15) is 12.8 Å². The molecule has 1 aromatic rings. The minimum absolute atomic E-state index is 0.175. The van der Waals surface area contributed by atoms with Crippen LogP contribution >= 0.6 is 15.9 Å². The van der Waals surface area contributed by atoms with Crippen LogP contribution in [0.15, 0.2) is 21.5 Å². The second-order valence-corrected chi connectivity index (χ2v) is 7.52. The molecule has 0 aliphatic rings. The SMILES string of the molecule is CCCC(CC)NS(=O)(=O)c1cc(Br)cc(CNC)c1F. The lowest BCUT2D eigenvalue weighted by atomic mass is 10.1. The Kier molecular flexibility index (Phi) is 7.26. The van der Waals surface area contributed by atoms with E-state index in [0.29, 0.717) is 16.5 Å². The second kappa shape index (κ2) is 8.22. The molecule has 21 heavy (non-hydrogen) atoms. The van der Waals surface area contributed by atoms with Crippen molar-refractivity contribution in [3.8, 4) is 0 Å². The van der Waals surface area contributed by atoms with Crippen molar-refractivity contribution in [2.45, 2.75) is 50.6 Å². The molecule has 0 amide bonds. The number of nitrogens with one attached hydrogen (secondary N) is 2. The number of rotatable bonds is 8. The first-order valence-electron chi connectivity index (χ1n) is 7.00. The van der Waals surface area contributed by atoms with Gasteiger partial charge in [0.05, 0.1) is 0 Å². The van der Waals surface area contributed by atoms with Gasteiger partial charge in [-0.2, -0.15) is 0 Å². The summed E-state index contributed by atoms with van der Waals surface area (Å²) >= 11 is 3.24. The molecular formula is C14H22BrFN2O2S. The van der Waals surface area contributed by atoms with Gasteiger partial charge in [-0.15, -0.1) is 0 Å². The third kappa shape index (κ3) is 5.02. The predicted octanol–water partition coefficient (Wildman–Crippen LogP) is 3.16. The first kappa shape index (κ1) is 18.5. The largest absolute Gasteiger partial charge is 0.316 e. The van der Waals surface area contributed by atoms with Crippen LogP contribution in [0.25, 0.3) is 0 Å². The maximum absolute atomic E-state index is 14.4. The van der Waals surface area contributed by atoms with Crippen LogP contribution in [0.2, 0.25) is 0 Å². The number of hydrogen-bond acceptors (Lipinski definition) is 3. The van der Waals surface area contributed by atoms with Crippen LogP contribution in [-0.2, 0) is 16.6 Å². The van der Waals surface area contributed by atoms with Gasteiger partial charge in [0.15, 0.2) is 0 Å². The Hall–Kier alpha value is -0.500. The van der Waals surface area contributed by atoms with Gasteiger partial charge < -0.3 is 5.32 Å². The molecule has 1 atom stereocenters. The summed E-state index contributed by atoms with van der Waals surface area (Å²) in [6.07, 6.45) is 2.27. The van der Waals surface area contributed by atoms with Gasteiger partial charge >= 0.3 is 0 Å². The molecule has 7 heteroatoms. The average molecular weight is 381 g/mol. The molecule has 120 valence electrons. The van der Waals surface area contributed by atoms with E-state index in [2.05, 4.69) is 26.0 Å². The highest BCUT2D eigenvalue weighted by atomic mass is 79.9. The average Bonchev–Trinajstić information content (AvgIpc) is 2.41. The normalized spacial score (nSPS) is 13.4. The van der Waals surface area contributed by atoms with Gasteiger partial charge in [-0.25, -0.2) is 17.5 Å². The van der Waals surface area contributed by atoms with E-state index in [4.69, 9.17) is 0 Å². The van der Waals surface area contributed by atoms with Crippen molar-refractivity contribution >= 4 is 26.0 Å². The smallest absolute Gasteiger partial charge is 0.243 e. The zero-order valence-electron chi connectivity index (χ0n) is 12.5. The molecule has 1 rings (SSSR count). The highest BCUT2D eigenvalue weighted by Crippen LogP contribution is 2.24. The summed E-state index contributed by atoms with van der Waals surface area (Å²) in [7, 11) is -2.19. The van der Waals surface area contributed by atoms with Crippen molar-refractivity contribution in [1.29, 1.82) is 0 Å². The molecule has 0 heterocycles. The van der Waals surface area contributed by atoms with E-state index in [0.717, 1.165) is 12.8 Å². The minimum atomic E-state index is -3.87. The van der Waals surface area contributed by atoms with Crippen molar-refractivity contribution in [3.63, 3.8) is 0 Å². The van der Waals surface area contributed by atoms with Gasteiger partial charge in [0.1, 0.15) is 10.7 Å². The number of benzene rings is 1. The van der Waals surface area contributed by atoms with Crippen molar-refractivity contribution in [2.24, 2.45) is 0 Å². The highest BCUT2D eigenvalue weighted by Gasteiger charge is 2.24. The second-order valence-electron chi connectivity index (χ2n) is 4.92. The molecule has 0 aromatic heterocycles. The van der Waals surface area contributed by atoms with E-state index in [1.54, 1.807) is 13.1 Å². The predicted molar refractivity (Wildman–Crippen MR) is 86.2 cm³/mol. The quantitative estimate of drug-likeness (QED) is 0.727. The summed E-state index contributed by atoms with van der Waals surface area (Å²) < 4.78 is 42.4. The van der Waals surface area contributed by atoms with Crippen LogP contribution < -0.4 is 10.0 Å². The lowest BCUT2D eigenvalue weighted by molar-refractivity contribution is 0.503. The molecular weight excluding hydrogens is 359 g/mol. The number of halogens is 2. The fraction of sp³-hybridized carbons (Fsp3) is 0.571. The third-order valence-electron chi connectivity index (χ3n) is 3.19. The summed E-state index contributed by atoms with van der Waals surface area (Å²) in [5, 5.41) is 2.83. The molecule has 0 spiro atoms. The zero-order chi connectivity index (χ0) is 16.0. The van der Waals surface area contributed by atoms with Crippen molar-refractivity contribution in [2.75, 3.05) is 7.05 Å².